The summed E-state index contributed by atoms with van der Waals surface area (Å²) in [6.45, 7) is 5.23. The number of aromatic nitrogens is 4. The maximum Gasteiger partial charge on any atom is 0.333 e. The molecule has 32 heavy (non-hydrogen) atoms. The second-order valence-corrected chi connectivity index (χ2v) is 8.31. The van der Waals surface area contributed by atoms with E-state index in [2.05, 4.69) is 24.9 Å². The molecule has 0 saturated carbocycles. The summed E-state index contributed by atoms with van der Waals surface area (Å²) in [7, 11) is 0. The molecule has 0 unspecified atom stereocenters. The predicted molar refractivity (Wildman–Crippen MR) is 124 cm³/mol. The number of rotatable bonds is 7. The first-order valence-electron chi connectivity index (χ1n) is 10.7. The summed E-state index contributed by atoms with van der Waals surface area (Å²) in [5.74, 6) is 0.465. The molecule has 162 valence electrons. The minimum absolute atomic E-state index is 0.0293. The molecule has 0 radical (unpaired) electrons. The van der Waals surface area contributed by atoms with Crippen LogP contribution in [0.15, 0.2) is 70.5 Å². The molecule has 0 N–H and O–H groups in total. The van der Waals surface area contributed by atoms with Crippen molar-refractivity contribution in [2.45, 2.75) is 39.9 Å². The lowest BCUT2D eigenvalue weighted by Crippen LogP contribution is -2.41. The van der Waals surface area contributed by atoms with Crippen LogP contribution in [0, 0.1) is 17.2 Å². The molecule has 0 aliphatic heterocycles. The van der Waals surface area contributed by atoms with Gasteiger partial charge < -0.3 is 4.57 Å². The average Bonchev–Trinajstić information content (AvgIpc) is 3.23. The van der Waals surface area contributed by atoms with Gasteiger partial charge >= 0.3 is 5.69 Å². The SMILES string of the molecule is CC(C)CCn1cnc2c1c(=O)n(Cc1ccccc1C#N)c(=O)n2Cc1ccccc1. The molecule has 0 spiro atoms. The summed E-state index contributed by atoms with van der Waals surface area (Å²) in [5.41, 5.74) is 2.00. The van der Waals surface area contributed by atoms with Crippen molar-refractivity contribution in [1.82, 2.24) is 18.7 Å². The molecule has 0 saturated heterocycles. The second kappa shape index (κ2) is 9.06. The Morgan fingerprint density at radius 2 is 1.69 bits per heavy atom. The number of aryl methyl sites for hydroxylation is 1. The van der Waals surface area contributed by atoms with E-state index >= 15 is 0 Å². The number of benzene rings is 2. The number of imidazole rings is 1. The van der Waals surface area contributed by atoms with Gasteiger partial charge in [-0.2, -0.15) is 5.26 Å². The van der Waals surface area contributed by atoms with Crippen LogP contribution in [0.4, 0.5) is 0 Å². The van der Waals surface area contributed by atoms with Crippen LogP contribution in [-0.4, -0.2) is 18.7 Å². The number of hydrogen-bond donors (Lipinski definition) is 0. The molecular formula is C25H25N5O2. The maximum atomic E-state index is 13.5. The molecular weight excluding hydrogens is 402 g/mol. The Morgan fingerprint density at radius 3 is 2.41 bits per heavy atom. The highest BCUT2D eigenvalue weighted by molar-refractivity contribution is 5.70. The maximum absolute atomic E-state index is 13.5. The standard InChI is InChI=1S/C25H25N5O2/c1-18(2)12-13-28-17-27-23-22(28)24(31)30(16-21-11-7-6-10-20(21)14-26)25(32)29(23)15-19-8-4-3-5-9-19/h3-11,17-18H,12-13,15-16H2,1-2H3. The summed E-state index contributed by atoms with van der Waals surface area (Å²) in [5, 5.41) is 9.45. The molecule has 4 aromatic rings. The number of hydrogen-bond acceptors (Lipinski definition) is 4. The van der Waals surface area contributed by atoms with Gasteiger partial charge in [0.1, 0.15) is 0 Å². The van der Waals surface area contributed by atoms with Crippen molar-refractivity contribution < 1.29 is 0 Å². The van der Waals surface area contributed by atoms with Crippen molar-refractivity contribution >= 4 is 11.2 Å². The summed E-state index contributed by atoms with van der Waals surface area (Å²) in [6.07, 6.45) is 2.53. The first-order valence-corrected chi connectivity index (χ1v) is 10.7. The van der Waals surface area contributed by atoms with E-state index in [4.69, 9.17) is 0 Å². The third-order valence-electron chi connectivity index (χ3n) is 5.58. The summed E-state index contributed by atoms with van der Waals surface area (Å²) >= 11 is 0. The van der Waals surface area contributed by atoms with E-state index in [-0.39, 0.29) is 12.1 Å². The van der Waals surface area contributed by atoms with E-state index in [0.717, 1.165) is 12.0 Å². The van der Waals surface area contributed by atoms with Gasteiger partial charge in [0.05, 0.1) is 31.0 Å². The molecule has 0 amide bonds. The Bertz CT molecular complexity index is 1400. The third kappa shape index (κ3) is 4.12. The van der Waals surface area contributed by atoms with Crippen LogP contribution in [0.5, 0.6) is 0 Å². The third-order valence-corrected chi connectivity index (χ3v) is 5.58. The van der Waals surface area contributed by atoms with Gasteiger partial charge in [0, 0.05) is 6.54 Å². The van der Waals surface area contributed by atoms with Gasteiger partial charge in [-0.25, -0.2) is 9.78 Å². The molecule has 4 rings (SSSR count). The van der Waals surface area contributed by atoms with Crippen molar-refractivity contribution in [3.8, 4) is 6.07 Å². The minimum Gasteiger partial charge on any atom is -0.325 e. The van der Waals surface area contributed by atoms with Crippen molar-refractivity contribution in [3.05, 3.63) is 98.5 Å². The van der Waals surface area contributed by atoms with Crippen molar-refractivity contribution in [3.63, 3.8) is 0 Å². The van der Waals surface area contributed by atoms with Crippen molar-refractivity contribution in [2.75, 3.05) is 0 Å². The number of fused-ring (bicyclic) bond motifs is 1. The summed E-state index contributed by atoms with van der Waals surface area (Å²) in [6, 6.07) is 18.8. The molecule has 2 aromatic carbocycles. The van der Waals surface area contributed by atoms with Crippen LogP contribution < -0.4 is 11.2 Å². The van der Waals surface area contributed by atoms with Crippen LogP contribution in [0.1, 0.15) is 37.0 Å². The second-order valence-electron chi connectivity index (χ2n) is 8.31. The Kier molecular flexibility index (Phi) is 6.04. The molecule has 0 aliphatic rings. The molecule has 7 heteroatoms. The van der Waals surface area contributed by atoms with Crippen LogP contribution in [0.25, 0.3) is 11.2 Å². The number of nitrogens with zero attached hydrogens (tertiary/aromatic N) is 5. The van der Waals surface area contributed by atoms with E-state index in [0.29, 0.717) is 41.3 Å². The molecule has 0 bridgehead atoms. The zero-order valence-electron chi connectivity index (χ0n) is 18.2. The molecule has 7 nitrogen and oxygen atoms in total. The van der Waals surface area contributed by atoms with Crippen molar-refractivity contribution in [1.29, 1.82) is 5.26 Å². The van der Waals surface area contributed by atoms with E-state index in [1.165, 1.54) is 4.57 Å². The van der Waals surface area contributed by atoms with Crippen LogP contribution in [-0.2, 0) is 19.6 Å². The Morgan fingerprint density at radius 1 is 0.969 bits per heavy atom. The lowest BCUT2D eigenvalue weighted by molar-refractivity contribution is 0.520. The fourth-order valence-electron chi connectivity index (χ4n) is 3.79. The van der Waals surface area contributed by atoms with Gasteiger partial charge in [0.25, 0.3) is 5.56 Å². The predicted octanol–water partition coefficient (Wildman–Crippen LogP) is 3.37. The van der Waals surface area contributed by atoms with Gasteiger partial charge in [0.15, 0.2) is 11.2 Å². The summed E-state index contributed by atoms with van der Waals surface area (Å²) in [4.78, 5) is 31.4. The summed E-state index contributed by atoms with van der Waals surface area (Å²) < 4.78 is 4.60. The lowest BCUT2D eigenvalue weighted by Gasteiger charge is -2.14. The molecule has 0 aliphatic carbocycles. The van der Waals surface area contributed by atoms with Gasteiger partial charge in [-0.15, -0.1) is 0 Å². The molecule has 0 atom stereocenters. The average molecular weight is 428 g/mol. The Balaban J connectivity index is 1.92. The molecule has 2 heterocycles. The van der Waals surface area contributed by atoms with Gasteiger partial charge in [-0.05, 0) is 29.5 Å². The topological polar surface area (TPSA) is 85.6 Å². The normalized spacial score (nSPS) is 11.2. The molecule has 0 fully saturated rings. The molecule has 2 aromatic heterocycles. The first kappa shape index (κ1) is 21.3. The quantitative estimate of drug-likeness (QED) is 0.453. The van der Waals surface area contributed by atoms with Gasteiger partial charge in [-0.3, -0.25) is 13.9 Å². The zero-order chi connectivity index (χ0) is 22.7. The first-order chi connectivity index (χ1) is 15.5. The fourth-order valence-corrected chi connectivity index (χ4v) is 3.79. The lowest BCUT2D eigenvalue weighted by atomic mass is 10.1. The van der Waals surface area contributed by atoms with E-state index in [1.54, 1.807) is 35.2 Å². The Labute approximate surface area is 185 Å². The van der Waals surface area contributed by atoms with Gasteiger partial charge in [0.2, 0.25) is 0 Å². The van der Waals surface area contributed by atoms with E-state index in [1.807, 2.05) is 34.9 Å². The zero-order valence-corrected chi connectivity index (χ0v) is 18.2. The largest absolute Gasteiger partial charge is 0.333 e. The smallest absolute Gasteiger partial charge is 0.325 e. The van der Waals surface area contributed by atoms with E-state index in [9.17, 15) is 14.9 Å². The highest BCUT2D eigenvalue weighted by Gasteiger charge is 2.19. The van der Waals surface area contributed by atoms with Crippen LogP contribution >= 0.6 is 0 Å². The highest BCUT2D eigenvalue weighted by Crippen LogP contribution is 2.13. The Hall–Kier alpha value is -3.92. The van der Waals surface area contributed by atoms with Gasteiger partial charge in [-0.1, -0.05) is 62.4 Å². The van der Waals surface area contributed by atoms with Crippen molar-refractivity contribution in [2.24, 2.45) is 5.92 Å². The monoisotopic (exact) mass is 427 g/mol. The van der Waals surface area contributed by atoms with E-state index < -0.39 is 5.69 Å². The number of nitriles is 1. The van der Waals surface area contributed by atoms with Crippen LogP contribution in [0.2, 0.25) is 0 Å². The minimum atomic E-state index is -0.437. The fraction of sp³-hybridized carbons (Fsp3) is 0.280. The van der Waals surface area contributed by atoms with Crippen LogP contribution in [0.3, 0.4) is 0 Å². The highest BCUT2D eigenvalue weighted by atomic mass is 16.2.